The largest absolute Gasteiger partial charge is 0.481 e. The van der Waals surface area contributed by atoms with Crippen LogP contribution >= 0.6 is 11.6 Å². The molecule has 1 aromatic carbocycles. The lowest BCUT2D eigenvalue weighted by atomic mass is 10.1. The normalized spacial score (nSPS) is 18.0. The van der Waals surface area contributed by atoms with Crippen LogP contribution in [0.2, 0.25) is 5.02 Å². The molecule has 2 N–H and O–H groups in total. The Kier molecular flexibility index (Phi) is 5.10. The number of hydrogen-bond donors (Lipinski definition) is 2. The lowest BCUT2D eigenvalue weighted by Gasteiger charge is -2.36. The Hall–Kier alpha value is -2.28. The lowest BCUT2D eigenvalue weighted by molar-refractivity contribution is -0.137. The van der Waals surface area contributed by atoms with Crippen molar-refractivity contribution < 1.29 is 24.2 Å². The fourth-order valence-electron chi connectivity index (χ4n) is 2.29. The summed E-state index contributed by atoms with van der Waals surface area (Å²) in [6, 6.07) is 4.02. The second-order valence-electron chi connectivity index (χ2n) is 5.19. The number of benzene rings is 1. The molecule has 0 bridgehead atoms. The fraction of sp³-hybridized carbons (Fsp3) is 0.400. The molecule has 0 saturated heterocycles. The molecule has 0 aromatic heterocycles. The number of anilines is 1. The van der Waals surface area contributed by atoms with E-state index in [1.807, 2.05) is 0 Å². The van der Waals surface area contributed by atoms with Crippen LogP contribution in [-0.4, -0.2) is 41.6 Å². The summed E-state index contributed by atoms with van der Waals surface area (Å²) in [5.74, 6) is -1.35. The zero-order valence-electron chi connectivity index (χ0n) is 12.7. The minimum Gasteiger partial charge on any atom is -0.481 e. The molecule has 23 heavy (non-hydrogen) atoms. The standard InChI is InChI=1S/C15H17ClN2O5/c1-8(14(21)17-6-5-13(19)20)18-11-7-10(16)3-4-12(11)23-9(2)15(18)22/h3-4,7-9H,5-6H2,1-2H3,(H,17,21)(H,19,20). The molecule has 0 fully saturated rings. The first-order valence-electron chi connectivity index (χ1n) is 7.10. The number of fused-ring (bicyclic) bond motifs is 1. The smallest absolute Gasteiger partial charge is 0.305 e. The summed E-state index contributed by atoms with van der Waals surface area (Å²) in [7, 11) is 0. The molecule has 8 heteroatoms. The first-order valence-corrected chi connectivity index (χ1v) is 7.48. The zero-order valence-corrected chi connectivity index (χ0v) is 13.5. The van der Waals surface area contributed by atoms with Crippen LogP contribution in [0.4, 0.5) is 5.69 Å². The number of rotatable bonds is 5. The quantitative estimate of drug-likeness (QED) is 0.845. The molecule has 2 rings (SSSR count). The number of ether oxygens (including phenoxy) is 1. The van der Waals surface area contributed by atoms with E-state index in [1.54, 1.807) is 32.0 Å². The summed E-state index contributed by atoms with van der Waals surface area (Å²) in [6.45, 7) is 3.16. The van der Waals surface area contributed by atoms with E-state index in [2.05, 4.69) is 5.32 Å². The van der Waals surface area contributed by atoms with Gasteiger partial charge in [0.15, 0.2) is 6.10 Å². The predicted octanol–water partition coefficient (Wildman–Crippen LogP) is 1.43. The maximum absolute atomic E-state index is 12.4. The van der Waals surface area contributed by atoms with Crippen LogP contribution in [0.25, 0.3) is 0 Å². The number of halogens is 1. The molecule has 2 amide bonds. The van der Waals surface area contributed by atoms with E-state index in [9.17, 15) is 14.4 Å². The highest BCUT2D eigenvalue weighted by Crippen LogP contribution is 2.37. The van der Waals surface area contributed by atoms with Gasteiger partial charge in [-0.3, -0.25) is 19.3 Å². The number of carbonyl (C=O) groups excluding carboxylic acids is 2. The van der Waals surface area contributed by atoms with Gasteiger partial charge in [-0.2, -0.15) is 0 Å². The Morgan fingerprint density at radius 2 is 2.17 bits per heavy atom. The van der Waals surface area contributed by atoms with E-state index in [1.165, 1.54) is 4.90 Å². The minimum absolute atomic E-state index is 0.00497. The number of amides is 2. The summed E-state index contributed by atoms with van der Waals surface area (Å²) < 4.78 is 5.51. The van der Waals surface area contributed by atoms with Crippen LogP contribution in [0.3, 0.4) is 0 Å². The number of carboxylic acid groups (broad SMARTS) is 1. The van der Waals surface area contributed by atoms with Crippen molar-refractivity contribution in [3.8, 4) is 5.75 Å². The van der Waals surface area contributed by atoms with Crippen molar-refractivity contribution in [1.29, 1.82) is 0 Å². The van der Waals surface area contributed by atoms with Gasteiger partial charge in [0.1, 0.15) is 11.8 Å². The summed E-state index contributed by atoms with van der Waals surface area (Å²) in [5.41, 5.74) is 0.418. The Morgan fingerprint density at radius 1 is 1.48 bits per heavy atom. The Balaban J connectivity index is 2.22. The molecule has 1 aromatic rings. The molecular weight excluding hydrogens is 324 g/mol. The number of aliphatic carboxylic acids is 1. The first-order chi connectivity index (χ1) is 10.8. The Labute approximate surface area is 138 Å². The van der Waals surface area contributed by atoms with Gasteiger partial charge in [-0.15, -0.1) is 0 Å². The highest BCUT2D eigenvalue weighted by Gasteiger charge is 2.37. The number of carboxylic acids is 1. The highest BCUT2D eigenvalue weighted by atomic mass is 35.5. The molecule has 1 heterocycles. The van der Waals surface area contributed by atoms with Crippen molar-refractivity contribution >= 4 is 35.1 Å². The van der Waals surface area contributed by atoms with E-state index in [0.717, 1.165) is 0 Å². The third-order valence-electron chi connectivity index (χ3n) is 3.47. The second-order valence-corrected chi connectivity index (χ2v) is 5.63. The van der Waals surface area contributed by atoms with Crippen LogP contribution in [0.15, 0.2) is 18.2 Å². The summed E-state index contributed by atoms with van der Waals surface area (Å²) in [6.07, 6.45) is -0.910. The van der Waals surface area contributed by atoms with Crippen LogP contribution in [0.5, 0.6) is 5.75 Å². The van der Waals surface area contributed by atoms with Gasteiger partial charge in [0.25, 0.3) is 5.91 Å². The molecule has 1 aliphatic rings. The maximum atomic E-state index is 12.4. The fourth-order valence-corrected chi connectivity index (χ4v) is 2.46. The van der Waals surface area contributed by atoms with Crippen LogP contribution in [-0.2, 0) is 14.4 Å². The summed E-state index contributed by atoms with van der Waals surface area (Å²) in [4.78, 5) is 36.4. The van der Waals surface area contributed by atoms with Crippen LogP contribution in [0.1, 0.15) is 20.3 Å². The molecule has 0 saturated carbocycles. The molecule has 2 unspecified atom stereocenters. The predicted molar refractivity (Wildman–Crippen MR) is 83.8 cm³/mol. The van der Waals surface area contributed by atoms with Gasteiger partial charge in [0.05, 0.1) is 12.1 Å². The third kappa shape index (κ3) is 3.73. The van der Waals surface area contributed by atoms with Crippen molar-refractivity contribution in [3.05, 3.63) is 23.2 Å². The van der Waals surface area contributed by atoms with Crippen molar-refractivity contribution in [2.45, 2.75) is 32.4 Å². The molecule has 124 valence electrons. The van der Waals surface area contributed by atoms with Crippen LogP contribution in [0, 0.1) is 0 Å². The van der Waals surface area contributed by atoms with Crippen molar-refractivity contribution in [2.75, 3.05) is 11.4 Å². The van der Waals surface area contributed by atoms with Gasteiger partial charge < -0.3 is 15.2 Å². The van der Waals surface area contributed by atoms with E-state index < -0.39 is 24.0 Å². The van der Waals surface area contributed by atoms with Gasteiger partial charge >= 0.3 is 5.97 Å². The SMILES string of the molecule is CC1Oc2ccc(Cl)cc2N(C(C)C(=O)NCCC(=O)O)C1=O. The van der Waals surface area contributed by atoms with Crippen molar-refractivity contribution in [2.24, 2.45) is 0 Å². The molecule has 7 nitrogen and oxygen atoms in total. The number of nitrogens with one attached hydrogen (secondary N) is 1. The van der Waals surface area contributed by atoms with Gasteiger partial charge in [0, 0.05) is 11.6 Å². The highest BCUT2D eigenvalue weighted by molar-refractivity contribution is 6.31. The molecule has 0 aliphatic carbocycles. The summed E-state index contributed by atoms with van der Waals surface area (Å²) >= 11 is 5.97. The molecular formula is C15H17ClN2O5. The number of nitrogens with zero attached hydrogens (tertiary/aromatic N) is 1. The summed E-state index contributed by atoms with van der Waals surface area (Å²) in [5, 5.41) is 11.5. The van der Waals surface area contributed by atoms with Crippen LogP contribution < -0.4 is 15.0 Å². The zero-order chi connectivity index (χ0) is 17.1. The molecule has 1 aliphatic heterocycles. The van der Waals surface area contributed by atoms with E-state index in [-0.39, 0.29) is 18.9 Å². The molecule has 0 spiro atoms. The van der Waals surface area contributed by atoms with Crippen molar-refractivity contribution in [3.63, 3.8) is 0 Å². The maximum Gasteiger partial charge on any atom is 0.305 e. The number of carbonyl (C=O) groups is 3. The first kappa shape index (κ1) is 17.1. The topological polar surface area (TPSA) is 95.9 Å². The van der Waals surface area contributed by atoms with E-state index in [0.29, 0.717) is 16.5 Å². The Bertz CT molecular complexity index is 649. The monoisotopic (exact) mass is 340 g/mol. The average molecular weight is 341 g/mol. The van der Waals surface area contributed by atoms with Crippen molar-refractivity contribution in [1.82, 2.24) is 5.32 Å². The minimum atomic E-state index is -1.01. The second kappa shape index (κ2) is 6.87. The third-order valence-corrected chi connectivity index (χ3v) is 3.71. The molecule has 0 radical (unpaired) electrons. The average Bonchev–Trinajstić information content (AvgIpc) is 2.48. The molecule has 2 atom stereocenters. The lowest BCUT2D eigenvalue weighted by Crippen LogP contribution is -2.54. The van der Waals surface area contributed by atoms with Gasteiger partial charge in [-0.1, -0.05) is 11.6 Å². The van der Waals surface area contributed by atoms with Gasteiger partial charge in [-0.25, -0.2) is 0 Å². The number of hydrogen-bond acceptors (Lipinski definition) is 4. The van der Waals surface area contributed by atoms with E-state index in [4.69, 9.17) is 21.4 Å². The Morgan fingerprint density at radius 3 is 2.83 bits per heavy atom. The van der Waals surface area contributed by atoms with E-state index >= 15 is 0 Å². The van der Waals surface area contributed by atoms with Gasteiger partial charge in [-0.05, 0) is 32.0 Å². The van der Waals surface area contributed by atoms with Gasteiger partial charge in [0.2, 0.25) is 5.91 Å².